The van der Waals surface area contributed by atoms with Crippen molar-refractivity contribution in [3.05, 3.63) is 47.3 Å². The van der Waals surface area contributed by atoms with Crippen LogP contribution in [-0.2, 0) is 11.2 Å². The van der Waals surface area contributed by atoms with E-state index >= 15 is 0 Å². The number of rotatable bonds is 6. The first-order chi connectivity index (χ1) is 11.6. The molecule has 0 bridgehead atoms. The van der Waals surface area contributed by atoms with Crippen LogP contribution in [0.3, 0.4) is 0 Å². The highest BCUT2D eigenvalue weighted by atomic mass is 32.1. The minimum atomic E-state index is -0.112. The molecule has 2 aromatic heterocycles. The van der Waals surface area contributed by atoms with Crippen molar-refractivity contribution < 1.29 is 9.21 Å². The summed E-state index contributed by atoms with van der Waals surface area (Å²) in [5, 5.41) is 11.4. The van der Waals surface area contributed by atoms with Gasteiger partial charge in [0, 0.05) is 29.5 Å². The van der Waals surface area contributed by atoms with Crippen LogP contribution in [0.5, 0.6) is 0 Å². The van der Waals surface area contributed by atoms with Crippen molar-refractivity contribution in [3.8, 4) is 11.5 Å². The largest absolute Gasteiger partial charge is 0.421 e. The van der Waals surface area contributed by atoms with Gasteiger partial charge in [-0.1, -0.05) is 32.0 Å². The molecule has 0 saturated carbocycles. The summed E-state index contributed by atoms with van der Waals surface area (Å²) in [6.45, 7) is 4.19. The molecule has 0 aliphatic rings. The quantitative estimate of drug-likeness (QED) is 0.735. The number of aryl methyl sites for hydroxylation is 1. The normalized spacial score (nSPS) is 11.0. The standard InChI is InChI=1S/C17H18N4O2S/c1-11(2)13-10-18-17(24-13)19-14(22)8-9-15-20-21-16(23-15)12-6-4-3-5-7-12/h3-7,10-11H,8-9H2,1-2H3,(H,18,19,22). The number of anilines is 1. The molecular formula is C17H18N4O2S. The minimum absolute atomic E-state index is 0.112. The zero-order chi connectivity index (χ0) is 16.9. The molecule has 1 N–H and O–H groups in total. The molecule has 124 valence electrons. The molecule has 6 nitrogen and oxygen atoms in total. The highest BCUT2D eigenvalue weighted by Gasteiger charge is 2.12. The molecule has 0 fully saturated rings. The van der Waals surface area contributed by atoms with Crippen LogP contribution in [0.4, 0.5) is 5.13 Å². The van der Waals surface area contributed by atoms with Crippen LogP contribution < -0.4 is 5.32 Å². The highest BCUT2D eigenvalue weighted by Crippen LogP contribution is 2.25. The Hall–Kier alpha value is -2.54. The number of hydrogen-bond acceptors (Lipinski definition) is 6. The molecule has 7 heteroatoms. The molecule has 3 rings (SSSR count). The average Bonchev–Trinajstić information content (AvgIpc) is 3.23. The lowest BCUT2D eigenvalue weighted by atomic mass is 10.2. The predicted octanol–water partition coefficient (Wildman–Crippen LogP) is 3.89. The van der Waals surface area contributed by atoms with Crippen LogP contribution in [-0.4, -0.2) is 21.1 Å². The van der Waals surface area contributed by atoms with E-state index in [1.807, 2.05) is 30.3 Å². The molecule has 1 aromatic carbocycles. The van der Waals surface area contributed by atoms with E-state index in [0.29, 0.717) is 29.3 Å². The number of amides is 1. The lowest BCUT2D eigenvalue weighted by Crippen LogP contribution is -2.12. The van der Waals surface area contributed by atoms with E-state index in [0.717, 1.165) is 10.4 Å². The van der Waals surface area contributed by atoms with Crippen LogP contribution in [0.15, 0.2) is 40.9 Å². The van der Waals surface area contributed by atoms with Crippen LogP contribution in [0.1, 0.15) is 37.0 Å². The lowest BCUT2D eigenvalue weighted by Gasteiger charge is -2.00. The van der Waals surface area contributed by atoms with E-state index in [-0.39, 0.29) is 12.3 Å². The van der Waals surface area contributed by atoms with E-state index in [2.05, 4.69) is 34.3 Å². The fourth-order valence-corrected chi connectivity index (χ4v) is 2.90. The number of benzene rings is 1. The summed E-state index contributed by atoms with van der Waals surface area (Å²) in [5.74, 6) is 1.21. The molecule has 0 spiro atoms. The maximum absolute atomic E-state index is 12.0. The van der Waals surface area contributed by atoms with Gasteiger partial charge in [-0.25, -0.2) is 4.98 Å². The molecule has 0 radical (unpaired) electrons. The fraction of sp³-hybridized carbons (Fsp3) is 0.294. The van der Waals surface area contributed by atoms with Crippen molar-refractivity contribution in [1.82, 2.24) is 15.2 Å². The summed E-state index contributed by atoms with van der Waals surface area (Å²) < 4.78 is 5.59. The highest BCUT2D eigenvalue weighted by molar-refractivity contribution is 7.15. The fourth-order valence-electron chi connectivity index (χ4n) is 2.07. The Labute approximate surface area is 144 Å². The van der Waals surface area contributed by atoms with Gasteiger partial charge < -0.3 is 9.73 Å². The van der Waals surface area contributed by atoms with Crippen LogP contribution in [0.2, 0.25) is 0 Å². The third kappa shape index (κ3) is 4.05. The van der Waals surface area contributed by atoms with Crippen molar-refractivity contribution in [3.63, 3.8) is 0 Å². The molecule has 1 amide bonds. The van der Waals surface area contributed by atoms with Crippen molar-refractivity contribution in [1.29, 1.82) is 0 Å². The van der Waals surface area contributed by atoms with Crippen molar-refractivity contribution in [2.45, 2.75) is 32.6 Å². The predicted molar refractivity (Wildman–Crippen MR) is 92.9 cm³/mol. The number of hydrogen-bond donors (Lipinski definition) is 1. The SMILES string of the molecule is CC(C)c1cnc(NC(=O)CCc2nnc(-c3ccccc3)o2)s1. The first-order valence-corrected chi connectivity index (χ1v) is 8.57. The molecule has 0 aliphatic heterocycles. The summed E-state index contributed by atoms with van der Waals surface area (Å²) in [6, 6.07) is 9.55. The number of nitrogens with zero attached hydrogens (tertiary/aromatic N) is 3. The second kappa shape index (κ2) is 7.35. The van der Waals surface area contributed by atoms with Gasteiger partial charge in [0.25, 0.3) is 0 Å². The van der Waals surface area contributed by atoms with Gasteiger partial charge in [0.2, 0.25) is 17.7 Å². The molecule has 0 atom stereocenters. The van der Waals surface area contributed by atoms with Crippen LogP contribution in [0.25, 0.3) is 11.5 Å². The van der Waals surface area contributed by atoms with E-state index < -0.39 is 0 Å². The topological polar surface area (TPSA) is 80.9 Å². The molecule has 3 aromatic rings. The van der Waals surface area contributed by atoms with Gasteiger partial charge in [0.1, 0.15) is 0 Å². The number of carbonyl (C=O) groups is 1. The van der Waals surface area contributed by atoms with Crippen molar-refractivity contribution in [2.24, 2.45) is 0 Å². The minimum Gasteiger partial charge on any atom is -0.421 e. The Bertz CT molecular complexity index is 811. The lowest BCUT2D eigenvalue weighted by molar-refractivity contribution is -0.116. The van der Waals surface area contributed by atoms with Gasteiger partial charge in [0.15, 0.2) is 5.13 Å². The van der Waals surface area contributed by atoms with Gasteiger partial charge in [-0.15, -0.1) is 21.5 Å². The molecule has 2 heterocycles. The summed E-state index contributed by atoms with van der Waals surface area (Å²) in [5.41, 5.74) is 0.865. The summed E-state index contributed by atoms with van der Waals surface area (Å²) in [7, 11) is 0. The average molecular weight is 342 g/mol. The van der Waals surface area contributed by atoms with Crippen molar-refractivity contribution in [2.75, 3.05) is 5.32 Å². The summed E-state index contributed by atoms with van der Waals surface area (Å²) in [6.07, 6.45) is 2.47. The molecule has 0 saturated heterocycles. The summed E-state index contributed by atoms with van der Waals surface area (Å²) >= 11 is 1.50. The smallest absolute Gasteiger partial charge is 0.247 e. The maximum Gasteiger partial charge on any atom is 0.247 e. The Kier molecular flexibility index (Phi) is 5.00. The third-order valence-electron chi connectivity index (χ3n) is 3.39. The van der Waals surface area contributed by atoms with Crippen LogP contribution in [0, 0.1) is 0 Å². The zero-order valence-corrected chi connectivity index (χ0v) is 14.3. The van der Waals surface area contributed by atoms with Crippen LogP contribution >= 0.6 is 11.3 Å². The third-order valence-corrected chi connectivity index (χ3v) is 4.61. The Morgan fingerprint density at radius 1 is 1.25 bits per heavy atom. The second-order valence-corrected chi connectivity index (χ2v) is 6.70. The molecular weight excluding hydrogens is 324 g/mol. The van der Waals surface area contributed by atoms with Crippen molar-refractivity contribution >= 4 is 22.4 Å². The zero-order valence-electron chi connectivity index (χ0n) is 13.5. The van der Waals surface area contributed by atoms with Gasteiger partial charge in [-0.05, 0) is 18.1 Å². The summed E-state index contributed by atoms with van der Waals surface area (Å²) in [4.78, 5) is 17.4. The van der Waals surface area contributed by atoms with E-state index in [1.54, 1.807) is 6.20 Å². The van der Waals surface area contributed by atoms with Gasteiger partial charge in [-0.2, -0.15) is 0 Å². The Morgan fingerprint density at radius 3 is 2.75 bits per heavy atom. The second-order valence-electron chi connectivity index (χ2n) is 5.64. The monoisotopic (exact) mass is 342 g/mol. The van der Waals surface area contributed by atoms with Gasteiger partial charge >= 0.3 is 0 Å². The first kappa shape index (κ1) is 16.3. The Balaban J connectivity index is 1.54. The molecule has 24 heavy (non-hydrogen) atoms. The number of aromatic nitrogens is 3. The van der Waals surface area contributed by atoms with E-state index in [9.17, 15) is 4.79 Å². The Morgan fingerprint density at radius 2 is 2.04 bits per heavy atom. The molecule has 0 unspecified atom stereocenters. The number of thiazole rings is 1. The maximum atomic E-state index is 12.0. The number of nitrogens with one attached hydrogen (secondary N) is 1. The van der Waals surface area contributed by atoms with E-state index in [4.69, 9.17) is 4.42 Å². The van der Waals surface area contributed by atoms with Gasteiger partial charge in [-0.3, -0.25) is 4.79 Å². The molecule has 0 aliphatic carbocycles. The number of carbonyl (C=O) groups excluding carboxylic acids is 1. The van der Waals surface area contributed by atoms with E-state index in [1.165, 1.54) is 11.3 Å². The van der Waals surface area contributed by atoms with Gasteiger partial charge in [0.05, 0.1) is 0 Å². The first-order valence-electron chi connectivity index (χ1n) is 7.75.